The average molecular weight is 466 g/mol. The van der Waals surface area contributed by atoms with Gasteiger partial charge in [-0.1, -0.05) is 0 Å². The van der Waals surface area contributed by atoms with E-state index in [1.54, 1.807) is 7.11 Å². The third-order valence-electron chi connectivity index (χ3n) is 3.18. The van der Waals surface area contributed by atoms with Crippen molar-refractivity contribution in [1.82, 2.24) is 0 Å². The van der Waals surface area contributed by atoms with Crippen LogP contribution in [-0.2, 0) is 43.8 Å². The van der Waals surface area contributed by atoms with Crippen molar-refractivity contribution in [3.63, 3.8) is 0 Å². The van der Waals surface area contributed by atoms with Crippen molar-refractivity contribution < 1.29 is 43.8 Å². The Morgan fingerprint density at radius 2 is 1.03 bits per heavy atom. The first kappa shape index (κ1) is 43.0. The van der Waals surface area contributed by atoms with E-state index < -0.39 is 0 Å². The van der Waals surface area contributed by atoms with Gasteiger partial charge in [0.25, 0.3) is 0 Å². The van der Waals surface area contributed by atoms with Crippen molar-refractivity contribution in [2.45, 2.75) is 52.4 Å². The molecule has 0 saturated carbocycles. The minimum absolute atomic E-state index is 0.414. The minimum atomic E-state index is 0.414. The van der Waals surface area contributed by atoms with Crippen LogP contribution in [0.25, 0.3) is 0 Å². The first-order valence-electron chi connectivity index (χ1n) is 8.66. The molecule has 0 aliphatic heterocycles. The number of ether oxygens (including phenoxy) is 1. The Kier molecular flexibility index (Phi) is 64.2. The second-order valence-electron chi connectivity index (χ2n) is 5.63. The van der Waals surface area contributed by atoms with Gasteiger partial charge in [0, 0.05) is 0 Å². The zero-order valence-corrected chi connectivity index (χ0v) is 19.7. The van der Waals surface area contributed by atoms with Crippen molar-refractivity contribution in [2.75, 3.05) is 7.11 Å². The first-order valence-corrected chi connectivity index (χ1v) is 9.29. The summed E-state index contributed by atoms with van der Waals surface area (Å²) in [6, 6.07) is 0. The molecule has 0 radical (unpaired) electrons. The normalized spacial score (nSPS) is 8.19. The van der Waals surface area contributed by atoms with Crippen LogP contribution < -0.4 is 0 Å². The van der Waals surface area contributed by atoms with Gasteiger partial charge in [-0.25, -0.2) is 0 Å². The molecule has 0 atom stereocenters. The Labute approximate surface area is 195 Å². The maximum absolute atomic E-state index is 7.50. The Hall–Kier alpha value is -1.98. The van der Waals surface area contributed by atoms with Gasteiger partial charge < -0.3 is 0 Å². The van der Waals surface area contributed by atoms with Crippen LogP contribution in [0.4, 0.5) is 0 Å². The van der Waals surface area contributed by atoms with Gasteiger partial charge in [-0.05, 0) is 0 Å². The van der Waals surface area contributed by atoms with Gasteiger partial charge in [-0.15, -0.1) is 0 Å². The topological polar surface area (TPSA) is 109 Å². The predicted octanol–water partition coefficient (Wildman–Crippen LogP) is 5.34. The van der Waals surface area contributed by atoms with Gasteiger partial charge >= 0.3 is 196 Å². The van der Waals surface area contributed by atoms with E-state index in [1.165, 1.54) is 11.1 Å². The van der Waals surface area contributed by atoms with Crippen molar-refractivity contribution in [3.05, 3.63) is 81.9 Å². The molecule has 168 valence electrons. The quantitative estimate of drug-likeness (QED) is 0.216. The van der Waals surface area contributed by atoms with Crippen LogP contribution in [0, 0.1) is 39.2 Å². The summed E-state index contributed by atoms with van der Waals surface area (Å²) in [6.45, 7) is 34.5. The molecule has 0 aliphatic carbocycles. The molecule has 0 aromatic rings. The SMILES string of the molecule is C=C(C)CC/C=C/CC(C/C=C/CCC(=C)C)[C](=[Cr])OC.[C-]#[O+].[C-]#[O+].[C-]#[O+].[C-]#[O+].[C-]#[O+]. The molecule has 7 heteroatoms. The zero-order chi connectivity index (χ0) is 26.1. The fourth-order valence-electron chi connectivity index (χ4n) is 1.87. The fourth-order valence-corrected chi connectivity index (χ4v) is 2.17. The van der Waals surface area contributed by atoms with Gasteiger partial charge in [0.2, 0.25) is 0 Å². The Morgan fingerprint density at radius 3 is 1.26 bits per heavy atom. The monoisotopic (exact) mass is 466 g/mol. The summed E-state index contributed by atoms with van der Waals surface area (Å²) in [5.41, 5.74) is 2.48. The average Bonchev–Trinajstić information content (AvgIpc) is 2.83. The molecular formula is C24H30CrO6. The van der Waals surface area contributed by atoms with Crippen molar-refractivity contribution in [2.24, 2.45) is 5.92 Å². The number of methoxy groups -OCH3 is 1. The molecule has 31 heavy (non-hydrogen) atoms. The van der Waals surface area contributed by atoms with E-state index in [4.69, 9.17) is 28.0 Å². The predicted molar refractivity (Wildman–Crippen MR) is 111 cm³/mol. The van der Waals surface area contributed by atoms with Crippen LogP contribution in [-0.4, -0.2) is 11.7 Å². The van der Waals surface area contributed by atoms with E-state index >= 15 is 0 Å². The molecule has 0 saturated heterocycles. The summed E-state index contributed by atoms with van der Waals surface area (Å²) < 4.78 is 43.9. The Morgan fingerprint density at radius 1 is 0.742 bits per heavy atom. The molecule has 0 rings (SSSR count). The summed E-state index contributed by atoms with van der Waals surface area (Å²) in [4.78, 5) is 0. The van der Waals surface area contributed by atoms with Crippen molar-refractivity contribution in [3.8, 4) is 0 Å². The molecule has 0 fully saturated rings. The number of allylic oxidation sites excluding steroid dienone is 6. The maximum atomic E-state index is 7.50. The zero-order valence-electron chi connectivity index (χ0n) is 18.4. The third-order valence-corrected chi connectivity index (χ3v) is 3.97. The van der Waals surface area contributed by atoms with Crippen LogP contribution in [0.2, 0.25) is 0 Å². The van der Waals surface area contributed by atoms with Gasteiger partial charge in [0.1, 0.15) is 0 Å². The molecule has 0 unspecified atom stereocenters. The van der Waals surface area contributed by atoms with Crippen LogP contribution in [0.1, 0.15) is 52.4 Å². The molecule has 0 aromatic heterocycles. The third kappa shape index (κ3) is 47.3. The molecule has 0 N–H and O–H groups in total. The van der Waals surface area contributed by atoms with Crippen LogP contribution in [0.15, 0.2) is 48.6 Å². The number of rotatable bonds is 12. The van der Waals surface area contributed by atoms with Gasteiger partial charge in [-0.3, -0.25) is 0 Å². The summed E-state index contributed by atoms with van der Waals surface area (Å²) in [5.74, 6) is 0.414. The second kappa shape index (κ2) is 46.3. The van der Waals surface area contributed by atoms with E-state index in [2.05, 4.69) is 100 Å². The van der Waals surface area contributed by atoms with Crippen molar-refractivity contribution >= 4 is 4.57 Å². The Bertz CT molecular complexity index is 527. The van der Waals surface area contributed by atoms with Crippen LogP contribution >= 0.6 is 0 Å². The standard InChI is InChI=1S/C19H30O.5CO.Cr/c1-17(2)12-8-6-10-14-19(16-20-5)15-11-7-9-13-18(3)4;5*1-2;/h6-7,10-11,19H,1,3,8-9,12-15H2,2,4-5H3;;;;;;/b10-6+,11-7+;;;;;;. The summed E-state index contributed by atoms with van der Waals surface area (Å²) in [6.07, 6.45) is 15.3. The van der Waals surface area contributed by atoms with E-state index in [9.17, 15) is 0 Å². The van der Waals surface area contributed by atoms with Crippen LogP contribution in [0.3, 0.4) is 0 Å². The van der Waals surface area contributed by atoms with Crippen molar-refractivity contribution in [1.29, 1.82) is 0 Å². The van der Waals surface area contributed by atoms with Gasteiger partial charge in [0.05, 0.1) is 0 Å². The first-order chi connectivity index (χ1) is 15.0. The number of hydrogen-bond acceptors (Lipinski definition) is 1. The molecule has 0 spiro atoms. The fraction of sp³-hybridized carbons (Fsp3) is 0.417. The molecule has 0 bridgehead atoms. The molecule has 6 nitrogen and oxygen atoms in total. The summed E-state index contributed by atoms with van der Waals surface area (Å²) >= 11 is 3.04. The molecule has 0 aromatic carbocycles. The molecule has 0 aliphatic rings. The Balaban J connectivity index is -0.000000136. The van der Waals surface area contributed by atoms with Gasteiger partial charge in [-0.2, -0.15) is 0 Å². The van der Waals surface area contributed by atoms with E-state index in [-0.39, 0.29) is 0 Å². The molecule has 0 heterocycles. The van der Waals surface area contributed by atoms with Gasteiger partial charge in [0.15, 0.2) is 0 Å². The summed E-state index contributed by atoms with van der Waals surface area (Å²) in [7, 11) is 1.73. The second-order valence-corrected chi connectivity index (χ2v) is 6.25. The molecular weight excluding hydrogens is 436 g/mol. The van der Waals surface area contributed by atoms with E-state index in [0.717, 1.165) is 43.1 Å². The molecule has 0 amide bonds. The van der Waals surface area contributed by atoms with E-state index in [0.29, 0.717) is 5.92 Å². The number of hydrogen-bond donors (Lipinski definition) is 0. The summed E-state index contributed by atoms with van der Waals surface area (Å²) in [5, 5.41) is 0. The van der Waals surface area contributed by atoms with Crippen LogP contribution in [0.5, 0.6) is 0 Å². The van der Waals surface area contributed by atoms with E-state index in [1.807, 2.05) is 0 Å².